The molecule has 2 atom stereocenters. The average Bonchev–Trinajstić information content (AvgIpc) is 2.75. The lowest BCUT2D eigenvalue weighted by Gasteiger charge is -2.26. The molecule has 0 saturated heterocycles. The first-order chi connectivity index (χ1) is 7.05. The van der Waals surface area contributed by atoms with Crippen LogP contribution in [0.2, 0.25) is 0 Å². The Morgan fingerprint density at radius 2 is 2.47 bits per heavy atom. The molecule has 15 heavy (non-hydrogen) atoms. The Balaban J connectivity index is 2.32. The quantitative estimate of drug-likeness (QED) is 0.719. The van der Waals surface area contributed by atoms with Crippen molar-refractivity contribution in [1.29, 1.82) is 0 Å². The molecule has 0 radical (unpaired) electrons. The maximum Gasteiger partial charge on any atom is 0.207 e. The van der Waals surface area contributed by atoms with Crippen LogP contribution in [-0.2, 0) is 7.05 Å². The van der Waals surface area contributed by atoms with Gasteiger partial charge in [0.05, 0.1) is 0 Å². The third-order valence-electron chi connectivity index (χ3n) is 3.46. The SMILES string of the molecule is Cn1ncnc1C(=O)C1(C)CCCC1N. The van der Waals surface area contributed by atoms with E-state index in [1.807, 2.05) is 6.92 Å². The van der Waals surface area contributed by atoms with E-state index in [2.05, 4.69) is 10.1 Å². The van der Waals surface area contributed by atoms with Crippen molar-refractivity contribution in [1.82, 2.24) is 14.8 Å². The minimum atomic E-state index is -0.458. The van der Waals surface area contributed by atoms with Gasteiger partial charge in [-0.15, -0.1) is 0 Å². The standard InChI is InChI=1S/C10H16N4O/c1-10(5-3-4-7(10)11)8(15)9-12-6-13-14(9)2/h6-7H,3-5,11H2,1-2H3. The second-order valence-corrected chi connectivity index (χ2v) is 4.45. The zero-order valence-corrected chi connectivity index (χ0v) is 9.10. The normalized spacial score (nSPS) is 30.7. The molecule has 2 N–H and O–H groups in total. The van der Waals surface area contributed by atoms with Crippen LogP contribution in [0.1, 0.15) is 36.8 Å². The molecule has 2 rings (SSSR count). The van der Waals surface area contributed by atoms with Crippen LogP contribution in [0.25, 0.3) is 0 Å². The van der Waals surface area contributed by atoms with Gasteiger partial charge >= 0.3 is 0 Å². The van der Waals surface area contributed by atoms with E-state index in [1.165, 1.54) is 11.0 Å². The number of hydrogen-bond acceptors (Lipinski definition) is 4. The number of aryl methyl sites for hydroxylation is 1. The Hall–Kier alpha value is -1.23. The molecule has 1 aromatic rings. The van der Waals surface area contributed by atoms with Crippen LogP contribution < -0.4 is 5.73 Å². The third kappa shape index (κ3) is 1.47. The summed E-state index contributed by atoms with van der Waals surface area (Å²) in [5.74, 6) is 0.433. The first-order valence-electron chi connectivity index (χ1n) is 5.20. The molecule has 5 nitrogen and oxygen atoms in total. The van der Waals surface area contributed by atoms with E-state index in [0.29, 0.717) is 5.82 Å². The van der Waals surface area contributed by atoms with Crippen LogP contribution >= 0.6 is 0 Å². The molecule has 82 valence electrons. The van der Waals surface area contributed by atoms with Crippen LogP contribution in [0.5, 0.6) is 0 Å². The van der Waals surface area contributed by atoms with Gasteiger partial charge in [0.2, 0.25) is 5.78 Å². The molecule has 0 bridgehead atoms. The second kappa shape index (κ2) is 3.41. The highest BCUT2D eigenvalue weighted by atomic mass is 16.1. The Bertz CT molecular complexity index is 387. The number of nitrogens with two attached hydrogens (primary N) is 1. The molecule has 0 amide bonds. The van der Waals surface area contributed by atoms with Gasteiger partial charge in [-0.25, -0.2) is 9.67 Å². The van der Waals surface area contributed by atoms with E-state index in [9.17, 15) is 4.79 Å². The number of nitrogens with zero attached hydrogens (tertiary/aromatic N) is 3. The fraction of sp³-hybridized carbons (Fsp3) is 0.700. The third-order valence-corrected chi connectivity index (χ3v) is 3.46. The maximum atomic E-state index is 12.3. The number of carbonyl (C=O) groups is 1. The van der Waals surface area contributed by atoms with Gasteiger partial charge in [0.15, 0.2) is 5.82 Å². The van der Waals surface area contributed by atoms with Crippen molar-refractivity contribution in [2.24, 2.45) is 18.2 Å². The van der Waals surface area contributed by atoms with Gasteiger partial charge in [0.1, 0.15) is 6.33 Å². The summed E-state index contributed by atoms with van der Waals surface area (Å²) in [7, 11) is 1.73. The minimum Gasteiger partial charge on any atom is -0.327 e. The van der Waals surface area contributed by atoms with Crippen molar-refractivity contribution in [2.75, 3.05) is 0 Å². The summed E-state index contributed by atoms with van der Waals surface area (Å²) in [6.07, 6.45) is 4.18. The highest BCUT2D eigenvalue weighted by Gasteiger charge is 2.44. The second-order valence-electron chi connectivity index (χ2n) is 4.45. The van der Waals surface area contributed by atoms with E-state index in [1.54, 1.807) is 7.05 Å². The Labute approximate surface area is 88.7 Å². The van der Waals surface area contributed by atoms with Crippen LogP contribution in [0.4, 0.5) is 0 Å². The first-order valence-corrected chi connectivity index (χ1v) is 5.20. The van der Waals surface area contributed by atoms with Crippen LogP contribution in [0.3, 0.4) is 0 Å². The van der Waals surface area contributed by atoms with Gasteiger partial charge < -0.3 is 5.73 Å². The summed E-state index contributed by atoms with van der Waals surface area (Å²) >= 11 is 0. The molecule has 1 heterocycles. The van der Waals surface area contributed by atoms with Gasteiger partial charge in [-0.1, -0.05) is 13.3 Å². The number of Topliss-reactive ketones (excluding diaryl/α,β-unsaturated/α-hetero) is 1. The fourth-order valence-corrected chi connectivity index (χ4v) is 2.23. The number of carbonyl (C=O) groups excluding carboxylic acids is 1. The number of hydrogen-bond donors (Lipinski definition) is 1. The predicted molar refractivity (Wildman–Crippen MR) is 55.3 cm³/mol. The van der Waals surface area contributed by atoms with Crippen molar-refractivity contribution in [2.45, 2.75) is 32.2 Å². The van der Waals surface area contributed by atoms with Crippen molar-refractivity contribution in [3.8, 4) is 0 Å². The van der Waals surface area contributed by atoms with Crippen LogP contribution in [-0.4, -0.2) is 26.6 Å². The molecule has 0 aliphatic heterocycles. The molecular weight excluding hydrogens is 192 g/mol. The molecule has 1 fully saturated rings. The highest BCUT2D eigenvalue weighted by molar-refractivity contribution is 5.98. The van der Waals surface area contributed by atoms with Crippen molar-refractivity contribution in [3.05, 3.63) is 12.2 Å². The van der Waals surface area contributed by atoms with Crippen LogP contribution in [0, 0.1) is 5.41 Å². The number of ketones is 1. The summed E-state index contributed by atoms with van der Waals surface area (Å²) in [5, 5.41) is 3.91. The summed E-state index contributed by atoms with van der Waals surface area (Å²) in [4.78, 5) is 16.2. The maximum absolute atomic E-state index is 12.3. The zero-order chi connectivity index (χ0) is 11.1. The summed E-state index contributed by atoms with van der Waals surface area (Å²) in [6.45, 7) is 1.93. The molecule has 0 aromatic carbocycles. The van der Waals surface area contributed by atoms with E-state index in [0.717, 1.165) is 19.3 Å². The molecule has 1 aliphatic rings. The Morgan fingerprint density at radius 1 is 1.73 bits per heavy atom. The molecular formula is C10H16N4O. The fourth-order valence-electron chi connectivity index (χ4n) is 2.23. The average molecular weight is 208 g/mol. The molecule has 2 unspecified atom stereocenters. The van der Waals surface area contributed by atoms with Crippen molar-refractivity contribution >= 4 is 5.78 Å². The summed E-state index contributed by atoms with van der Waals surface area (Å²) in [5.41, 5.74) is 5.53. The molecule has 1 aliphatic carbocycles. The van der Waals surface area contributed by atoms with E-state index >= 15 is 0 Å². The lowest BCUT2D eigenvalue weighted by atomic mass is 9.80. The van der Waals surface area contributed by atoms with E-state index in [-0.39, 0.29) is 11.8 Å². The van der Waals surface area contributed by atoms with Crippen molar-refractivity contribution in [3.63, 3.8) is 0 Å². The largest absolute Gasteiger partial charge is 0.327 e. The predicted octanol–water partition coefficient (Wildman–Crippen LogP) is 0.515. The van der Waals surface area contributed by atoms with Crippen molar-refractivity contribution < 1.29 is 4.79 Å². The smallest absolute Gasteiger partial charge is 0.207 e. The van der Waals surface area contributed by atoms with Gasteiger partial charge in [-0.2, -0.15) is 5.10 Å². The lowest BCUT2D eigenvalue weighted by molar-refractivity contribution is 0.0786. The molecule has 1 saturated carbocycles. The summed E-state index contributed by atoms with van der Waals surface area (Å²) < 4.78 is 1.51. The van der Waals surface area contributed by atoms with Gasteiger partial charge in [-0.3, -0.25) is 4.79 Å². The monoisotopic (exact) mass is 208 g/mol. The highest BCUT2D eigenvalue weighted by Crippen LogP contribution is 2.38. The zero-order valence-electron chi connectivity index (χ0n) is 9.10. The first kappa shape index (κ1) is 10.3. The molecule has 5 heteroatoms. The van der Waals surface area contributed by atoms with Gasteiger partial charge in [-0.05, 0) is 12.8 Å². The van der Waals surface area contributed by atoms with E-state index < -0.39 is 5.41 Å². The number of aromatic nitrogens is 3. The lowest BCUT2D eigenvalue weighted by Crippen LogP contribution is -2.42. The van der Waals surface area contributed by atoms with E-state index in [4.69, 9.17) is 5.73 Å². The van der Waals surface area contributed by atoms with Crippen LogP contribution in [0.15, 0.2) is 6.33 Å². The molecule has 1 aromatic heterocycles. The summed E-state index contributed by atoms with van der Waals surface area (Å²) in [6, 6.07) is -0.0540. The topological polar surface area (TPSA) is 73.8 Å². The molecule has 0 spiro atoms. The Kier molecular flexibility index (Phi) is 2.34. The van der Waals surface area contributed by atoms with Gasteiger partial charge in [0.25, 0.3) is 0 Å². The Morgan fingerprint density at radius 3 is 2.93 bits per heavy atom. The number of rotatable bonds is 2. The van der Waals surface area contributed by atoms with Gasteiger partial charge in [0, 0.05) is 18.5 Å². The minimum absolute atomic E-state index is 0.0208.